The van der Waals surface area contributed by atoms with E-state index in [1.165, 1.54) is 12.3 Å². The second-order valence-electron chi connectivity index (χ2n) is 10.4. The molecule has 218 valence electrons. The number of carbonyl (C=O) groups is 1. The van der Waals surface area contributed by atoms with Gasteiger partial charge in [-0.15, -0.1) is 0 Å². The van der Waals surface area contributed by atoms with Crippen LogP contribution in [0.1, 0.15) is 59.3 Å². The molecule has 0 spiro atoms. The van der Waals surface area contributed by atoms with Crippen LogP contribution >= 0.6 is 0 Å². The molecule has 0 aliphatic carbocycles. The molecule has 1 amide bonds. The molecule has 8 nitrogen and oxygen atoms in total. The van der Waals surface area contributed by atoms with E-state index in [2.05, 4.69) is 42.4 Å². The Bertz CT molecular complexity index is 1540. The molecule has 1 aliphatic heterocycles. The van der Waals surface area contributed by atoms with Gasteiger partial charge < -0.3 is 15.5 Å². The van der Waals surface area contributed by atoms with E-state index in [1.54, 1.807) is 49.8 Å². The summed E-state index contributed by atoms with van der Waals surface area (Å²) in [7, 11) is 0. The number of rotatable bonds is 8. The van der Waals surface area contributed by atoms with Crippen molar-refractivity contribution in [3.63, 3.8) is 0 Å². The Morgan fingerprint density at radius 2 is 1.95 bits per heavy atom. The van der Waals surface area contributed by atoms with Crippen molar-refractivity contribution in [1.29, 1.82) is 0 Å². The maximum Gasteiger partial charge on any atom is 0.417 e. The van der Waals surface area contributed by atoms with Crippen LogP contribution in [0.25, 0.3) is 11.3 Å². The third kappa shape index (κ3) is 6.91. The van der Waals surface area contributed by atoms with Crippen molar-refractivity contribution in [2.45, 2.75) is 45.2 Å². The highest BCUT2D eigenvalue weighted by Crippen LogP contribution is 2.36. The van der Waals surface area contributed by atoms with Crippen LogP contribution in [0, 0.1) is 6.92 Å². The normalized spacial score (nSPS) is 15.8. The largest absolute Gasteiger partial charge is 0.417 e. The number of alkyl halides is 3. The summed E-state index contributed by atoms with van der Waals surface area (Å²) in [6.45, 7) is 6.45. The first-order chi connectivity index (χ1) is 20.2. The van der Waals surface area contributed by atoms with E-state index >= 15 is 0 Å². The van der Waals surface area contributed by atoms with Crippen molar-refractivity contribution in [2.75, 3.05) is 30.3 Å². The highest BCUT2D eigenvalue weighted by Gasteiger charge is 2.36. The minimum atomic E-state index is -4.69. The lowest BCUT2D eigenvalue weighted by atomic mass is 9.88. The Morgan fingerprint density at radius 3 is 2.71 bits per heavy atom. The zero-order valence-electron chi connectivity index (χ0n) is 23.4. The number of pyridine rings is 2. The summed E-state index contributed by atoms with van der Waals surface area (Å²) in [6, 6.07) is 11.1. The number of aromatic nitrogens is 4. The minimum absolute atomic E-state index is 0.00248. The number of likely N-dealkylation sites (tertiary alicyclic amines) is 1. The van der Waals surface area contributed by atoms with Crippen molar-refractivity contribution >= 4 is 23.2 Å². The molecule has 1 aromatic carbocycles. The lowest BCUT2D eigenvalue weighted by Crippen LogP contribution is -2.35. The van der Waals surface area contributed by atoms with Gasteiger partial charge in [0.05, 0.1) is 40.1 Å². The van der Waals surface area contributed by atoms with Crippen LogP contribution in [0.2, 0.25) is 0 Å². The summed E-state index contributed by atoms with van der Waals surface area (Å²) in [5.74, 6) is -0.575. The van der Waals surface area contributed by atoms with Crippen LogP contribution in [-0.2, 0) is 6.18 Å². The molecule has 1 fully saturated rings. The number of aryl methyl sites for hydroxylation is 1. The highest BCUT2D eigenvalue weighted by atomic mass is 19.4. The maximum absolute atomic E-state index is 14.2. The standard InChI is InChI=1S/C31H32F3N7O/c1-3-13-41-14-5-7-23(19-41)21-8-9-25(26(15-21)31(32,33)34)29(42)38-24-16-28(20(2)37-18-24)40-30-36-12-10-27(39-30)22-6-4-11-35-17-22/h4,6,8-12,15-18,23H,3,5,7,13-14,19H2,1-2H3,(H,38,42)(H,36,39,40). The second-order valence-corrected chi connectivity index (χ2v) is 10.4. The van der Waals surface area contributed by atoms with Gasteiger partial charge in [-0.05, 0) is 87.2 Å². The SMILES string of the molecule is CCCN1CCCC(c2ccc(C(=O)Nc3cnc(C)c(Nc4nccc(-c5cccnc5)n4)c3)c(C(F)(F)F)c2)C1. The molecular weight excluding hydrogens is 543 g/mol. The Labute approximate surface area is 242 Å². The molecule has 11 heteroatoms. The topological polar surface area (TPSA) is 95.9 Å². The number of nitrogens with zero attached hydrogens (tertiary/aromatic N) is 5. The number of benzene rings is 1. The summed E-state index contributed by atoms with van der Waals surface area (Å²) in [5.41, 5.74) is 2.02. The van der Waals surface area contributed by atoms with Crippen LogP contribution in [0.4, 0.5) is 30.5 Å². The van der Waals surface area contributed by atoms with Crippen LogP contribution < -0.4 is 10.6 Å². The molecule has 1 unspecified atom stereocenters. The fourth-order valence-corrected chi connectivity index (χ4v) is 5.24. The van der Waals surface area contributed by atoms with Crippen molar-refractivity contribution in [2.24, 2.45) is 0 Å². The Hall–Kier alpha value is -4.38. The number of amides is 1. The first kappa shape index (κ1) is 29.1. The lowest BCUT2D eigenvalue weighted by molar-refractivity contribution is -0.138. The predicted molar refractivity (Wildman–Crippen MR) is 156 cm³/mol. The number of hydrogen-bond donors (Lipinski definition) is 2. The van der Waals surface area contributed by atoms with E-state index in [0.29, 0.717) is 28.6 Å². The van der Waals surface area contributed by atoms with Crippen LogP contribution in [0.5, 0.6) is 0 Å². The maximum atomic E-state index is 14.2. The van der Waals surface area contributed by atoms with Crippen LogP contribution in [0.3, 0.4) is 0 Å². The van der Waals surface area contributed by atoms with Gasteiger partial charge in [0.25, 0.3) is 5.91 Å². The monoisotopic (exact) mass is 575 g/mol. The first-order valence-corrected chi connectivity index (χ1v) is 13.9. The van der Waals surface area contributed by atoms with E-state index in [9.17, 15) is 18.0 Å². The van der Waals surface area contributed by atoms with Crippen LogP contribution in [-0.4, -0.2) is 50.4 Å². The summed E-state index contributed by atoms with van der Waals surface area (Å²) >= 11 is 0. The third-order valence-corrected chi connectivity index (χ3v) is 7.31. The molecule has 0 saturated carbocycles. The fourth-order valence-electron chi connectivity index (χ4n) is 5.24. The number of anilines is 3. The molecule has 0 radical (unpaired) electrons. The summed E-state index contributed by atoms with van der Waals surface area (Å²) in [4.78, 5) is 32.6. The quantitative estimate of drug-likeness (QED) is 0.237. The lowest BCUT2D eigenvalue weighted by Gasteiger charge is -2.33. The van der Waals surface area contributed by atoms with Gasteiger partial charge in [0.2, 0.25) is 5.95 Å². The van der Waals surface area contributed by atoms with Gasteiger partial charge in [-0.1, -0.05) is 13.0 Å². The Kier molecular flexibility index (Phi) is 8.77. The summed E-state index contributed by atoms with van der Waals surface area (Å²) < 4.78 is 42.5. The third-order valence-electron chi connectivity index (χ3n) is 7.31. The van der Waals surface area contributed by atoms with Gasteiger partial charge in [-0.3, -0.25) is 14.8 Å². The first-order valence-electron chi connectivity index (χ1n) is 13.9. The van der Waals surface area contributed by atoms with Gasteiger partial charge in [0, 0.05) is 30.7 Å². The smallest absolute Gasteiger partial charge is 0.322 e. The fraction of sp³-hybridized carbons (Fsp3) is 0.323. The zero-order valence-corrected chi connectivity index (χ0v) is 23.4. The van der Waals surface area contributed by atoms with Crippen molar-refractivity contribution in [3.05, 3.63) is 89.6 Å². The van der Waals surface area contributed by atoms with Crippen molar-refractivity contribution < 1.29 is 18.0 Å². The van der Waals surface area contributed by atoms with Crippen molar-refractivity contribution in [1.82, 2.24) is 24.8 Å². The number of piperidine rings is 1. The van der Waals surface area contributed by atoms with E-state index in [0.717, 1.165) is 50.5 Å². The molecular formula is C31H32F3N7O. The minimum Gasteiger partial charge on any atom is -0.322 e. The van der Waals surface area contributed by atoms with Gasteiger partial charge in [-0.25, -0.2) is 9.97 Å². The molecule has 42 heavy (non-hydrogen) atoms. The van der Waals surface area contributed by atoms with E-state index < -0.39 is 23.2 Å². The van der Waals surface area contributed by atoms with Gasteiger partial charge in [0.15, 0.2) is 0 Å². The average molecular weight is 576 g/mol. The predicted octanol–water partition coefficient (Wildman–Crippen LogP) is 6.85. The average Bonchev–Trinajstić information content (AvgIpc) is 2.99. The summed E-state index contributed by atoms with van der Waals surface area (Å²) in [5, 5.41) is 5.67. The molecule has 4 heterocycles. The number of halogens is 3. The molecule has 1 saturated heterocycles. The van der Waals surface area contributed by atoms with Gasteiger partial charge in [-0.2, -0.15) is 13.2 Å². The van der Waals surface area contributed by atoms with Gasteiger partial charge in [0.1, 0.15) is 0 Å². The Morgan fingerprint density at radius 1 is 1.10 bits per heavy atom. The number of nitrogens with one attached hydrogen (secondary N) is 2. The molecule has 3 aromatic heterocycles. The molecule has 5 rings (SSSR count). The van der Waals surface area contributed by atoms with E-state index in [-0.39, 0.29) is 11.6 Å². The van der Waals surface area contributed by atoms with Crippen molar-refractivity contribution in [3.8, 4) is 11.3 Å². The molecule has 1 atom stereocenters. The van der Waals surface area contributed by atoms with Gasteiger partial charge >= 0.3 is 6.18 Å². The van der Waals surface area contributed by atoms with E-state index in [4.69, 9.17) is 0 Å². The molecule has 0 bridgehead atoms. The summed E-state index contributed by atoms with van der Waals surface area (Å²) in [6.07, 6.45) is 4.42. The zero-order chi connectivity index (χ0) is 29.7. The Balaban J connectivity index is 1.35. The number of hydrogen-bond acceptors (Lipinski definition) is 7. The molecule has 4 aromatic rings. The highest BCUT2D eigenvalue weighted by molar-refractivity contribution is 6.05. The molecule has 1 aliphatic rings. The second kappa shape index (κ2) is 12.6. The van der Waals surface area contributed by atoms with Crippen LogP contribution in [0.15, 0.2) is 67.3 Å². The number of carbonyl (C=O) groups excluding carboxylic acids is 1. The molecule has 2 N–H and O–H groups in total. The van der Waals surface area contributed by atoms with E-state index in [1.807, 2.05) is 6.07 Å².